The van der Waals surface area contributed by atoms with Gasteiger partial charge in [0.05, 0.1) is 30.3 Å². The third kappa shape index (κ3) is 4.21. The van der Waals surface area contributed by atoms with Gasteiger partial charge in [0, 0.05) is 25.1 Å². The lowest BCUT2D eigenvalue weighted by Crippen LogP contribution is -2.36. The molecule has 4 N–H and O–H groups in total. The normalized spacial score (nSPS) is 11.6. The van der Waals surface area contributed by atoms with Gasteiger partial charge in [0.25, 0.3) is 5.56 Å². The first-order valence-corrected chi connectivity index (χ1v) is 8.50. The number of aliphatic hydroxyl groups excluding tert-OH is 2. The summed E-state index contributed by atoms with van der Waals surface area (Å²) in [6.07, 6.45) is 6.33. The molecule has 0 fully saturated rings. The fourth-order valence-electron chi connectivity index (χ4n) is 2.60. The van der Waals surface area contributed by atoms with E-state index in [0.717, 1.165) is 0 Å². The highest BCUT2D eigenvalue weighted by Crippen LogP contribution is 2.25. The third-order valence-corrected chi connectivity index (χ3v) is 3.97. The summed E-state index contributed by atoms with van der Waals surface area (Å²) in [7, 11) is 0. The zero-order valence-electron chi connectivity index (χ0n) is 15.2. The Morgan fingerprint density at radius 1 is 1.22 bits per heavy atom. The van der Waals surface area contributed by atoms with Gasteiger partial charge in [-0.05, 0) is 31.4 Å². The molecule has 0 unspecified atom stereocenters. The molecule has 0 aliphatic carbocycles. The molecule has 3 heterocycles. The molecule has 9 nitrogen and oxygen atoms in total. The van der Waals surface area contributed by atoms with E-state index in [4.69, 9.17) is 0 Å². The topological polar surface area (TPSA) is 125 Å². The Labute approximate surface area is 155 Å². The van der Waals surface area contributed by atoms with Crippen LogP contribution in [0.15, 0.2) is 41.7 Å². The van der Waals surface area contributed by atoms with Gasteiger partial charge in [-0.15, -0.1) is 0 Å². The van der Waals surface area contributed by atoms with E-state index in [2.05, 4.69) is 25.6 Å². The minimum Gasteiger partial charge on any atom is -0.395 e. The van der Waals surface area contributed by atoms with Crippen molar-refractivity contribution in [3.8, 4) is 0 Å². The molecule has 3 rings (SSSR count). The van der Waals surface area contributed by atoms with Crippen molar-refractivity contribution in [3.05, 3.63) is 47.3 Å². The Bertz CT molecular complexity index is 988. The lowest BCUT2D eigenvalue weighted by atomic mass is 10.1. The number of nitrogens with zero attached hydrogens (tertiary/aromatic N) is 4. The monoisotopic (exact) mass is 370 g/mol. The number of pyridine rings is 2. The predicted octanol–water partition coefficient (Wildman–Crippen LogP) is 1.11. The van der Waals surface area contributed by atoms with E-state index in [-0.39, 0.29) is 25.3 Å². The standard InChI is InChI=1S/C18H22N6O3/c1-18(2,11-26)23-16-15-12(3-6-24(7-8-25)17(15)27)9-13(22-16)21-14-10-19-4-5-20-14/h3-6,9-10,25-26H,7-8,11H2,1-2H3,(H2,20,21,22,23). The number of rotatable bonds is 7. The van der Waals surface area contributed by atoms with E-state index in [1.165, 1.54) is 4.57 Å². The van der Waals surface area contributed by atoms with Crippen molar-refractivity contribution in [1.29, 1.82) is 0 Å². The van der Waals surface area contributed by atoms with Gasteiger partial charge in [-0.3, -0.25) is 9.78 Å². The zero-order chi connectivity index (χ0) is 19.4. The number of anilines is 3. The smallest absolute Gasteiger partial charge is 0.262 e. The predicted molar refractivity (Wildman–Crippen MR) is 103 cm³/mol. The molecule has 3 aromatic heterocycles. The van der Waals surface area contributed by atoms with Crippen molar-refractivity contribution in [3.63, 3.8) is 0 Å². The highest BCUT2D eigenvalue weighted by atomic mass is 16.3. The first-order valence-electron chi connectivity index (χ1n) is 8.50. The van der Waals surface area contributed by atoms with E-state index in [1.54, 1.807) is 50.8 Å². The fraction of sp³-hybridized carbons (Fsp3) is 0.333. The van der Waals surface area contributed by atoms with Crippen LogP contribution in [0.4, 0.5) is 17.5 Å². The Hall–Kier alpha value is -3.04. The van der Waals surface area contributed by atoms with Gasteiger partial charge in [-0.2, -0.15) is 0 Å². The summed E-state index contributed by atoms with van der Waals surface area (Å²) in [4.78, 5) is 25.5. The minimum atomic E-state index is -0.685. The molecule has 0 aromatic carbocycles. The summed E-state index contributed by atoms with van der Waals surface area (Å²) >= 11 is 0. The van der Waals surface area contributed by atoms with E-state index in [0.29, 0.717) is 28.2 Å². The quantitative estimate of drug-likeness (QED) is 0.487. The maximum Gasteiger partial charge on any atom is 0.262 e. The molecule has 0 bridgehead atoms. The summed E-state index contributed by atoms with van der Waals surface area (Å²) in [6, 6.07) is 3.53. The number of hydrogen-bond donors (Lipinski definition) is 4. The van der Waals surface area contributed by atoms with Crippen LogP contribution in [0.5, 0.6) is 0 Å². The molecule has 0 radical (unpaired) electrons. The van der Waals surface area contributed by atoms with Crippen molar-refractivity contribution >= 4 is 28.2 Å². The summed E-state index contributed by atoms with van der Waals surface area (Å²) in [5.41, 5.74) is -0.953. The highest BCUT2D eigenvalue weighted by molar-refractivity contribution is 5.93. The van der Waals surface area contributed by atoms with Crippen LogP contribution < -0.4 is 16.2 Å². The highest BCUT2D eigenvalue weighted by Gasteiger charge is 2.20. The molecule has 9 heteroatoms. The average molecular weight is 370 g/mol. The second-order valence-corrected chi connectivity index (χ2v) is 6.74. The zero-order valence-corrected chi connectivity index (χ0v) is 15.2. The largest absolute Gasteiger partial charge is 0.395 e. The first kappa shape index (κ1) is 18.7. The van der Waals surface area contributed by atoms with E-state index in [1.807, 2.05) is 0 Å². The molecule has 27 heavy (non-hydrogen) atoms. The van der Waals surface area contributed by atoms with Crippen molar-refractivity contribution < 1.29 is 10.2 Å². The molecule has 0 atom stereocenters. The van der Waals surface area contributed by atoms with Crippen LogP contribution in [0.3, 0.4) is 0 Å². The van der Waals surface area contributed by atoms with Gasteiger partial charge in [-0.1, -0.05) is 0 Å². The molecule has 0 amide bonds. The van der Waals surface area contributed by atoms with Gasteiger partial charge < -0.3 is 25.4 Å². The van der Waals surface area contributed by atoms with Crippen LogP contribution >= 0.6 is 0 Å². The molecule has 0 saturated heterocycles. The second kappa shape index (κ2) is 7.68. The average Bonchev–Trinajstić information content (AvgIpc) is 2.64. The molecule has 0 spiro atoms. The number of fused-ring (bicyclic) bond motifs is 1. The maximum absolute atomic E-state index is 12.8. The van der Waals surface area contributed by atoms with Crippen molar-refractivity contribution in [1.82, 2.24) is 19.5 Å². The fourth-order valence-corrected chi connectivity index (χ4v) is 2.60. The minimum absolute atomic E-state index is 0.143. The summed E-state index contributed by atoms with van der Waals surface area (Å²) in [5.74, 6) is 1.35. The molecule has 142 valence electrons. The SMILES string of the molecule is CC(C)(CO)Nc1nc(Nc2cnccn2)cc2ccn(CCO)c(=O)c12. The van der Waals surface area contributed by atoms with Crippen LogP contribution in [0.1, 0.15) is 13.8 Å². The van der Waals surface area contributed by atoms with E-state index in [9.17, 15) is 15.0 Å². The van der Waals surface area contributed by atoms with Crippen molar-refractivity contribution in [2.24, 2.45) is 0 Å². The lowest BCUT2D eigenvalue weighted by molar-refractivity contribution is 0.234. The second-order valence-electron chi connectivity index (χ2n) is 6.74. The molecular weight excluding hydrogens is 348 g/mol. The lowest BCUT2D eigenvalue weighted by Gasteiger charge is -2.25. The van der Waals surface area contributed by atoms with Gasteiger partial charge in [0.1, 0.15) is 17.5 Å². The Kier molecular flexibility index (Phi) is 5.33. The van der Waals surface area contributed by atoms with E-state index >= 15 is 0 Å². The van der Waals surface area contributed by atoms with E-state index < -0.39 is 5.54 Å². The maximum atomic E-state index is 12.8. The Morgan fingerprint density at radius 2 is 2.04 bits per heavy atom. The van der Waals surface area contributed by atoms with Gasteiger partial charge in [0.2, 0.25) is 0 Å². The number of aliphatic hydroxyl groups is 2. The number of nitrogens with one attached hydrogen (secondary N) is 2. The van der Waals surface area contributed by atoms with Crippen LogP contribution in [-0.2, 0) is 6.54 Å². The first-order chi connectivity index (χ1) is 12.9. The van der Waals surface area contributed by atoms with Crippen molar-refractivity contribution in [2.45, 2.75) is 25.9 Å². The summed E-state index contributed by atoms with van der Waals surface area (Å²) in [5, 5.41) is 26.0. The third-order valence-electron chi connectivity index (χ3n) is 3.97. The van der Waals surface area contributed by atoms with Crippen LogP contribution in [-0.4, -0.2) is 48.5 Å². The van der Waals surface area contributed by atoms with Crippen LogP contribution in [0.25, 0.3) is 10.8 Å². The van der Waals surface area contributed by atoms with Gasteiger partial charge in [0.15, 0.2) is 0 Å². The Balaban J connectivity index is 2.15. The Morgan fingerprint density at radius 3 is 2.70 bits per heavy atom. The molecule has 0 saturated carbocycles. The van der Waals surface area contributed by atoms with Crippen molar-refractivity contribution in [2.75, 3.05) is 23.8 Å². The molecule has 0 aliphatic heterocycles. The number of aromatic nitrogens is 4. The summed E-state index contributed by atoms with van der Waals surface area (Å²) < 4.78 is 1.43. The summed E-state index contributed by atoms with van der Waals surface area (Å²) in [6.45, 7) is 3.51. The number of hydrogen-bond acceptors (Lipinski definition) is 8. The van der Waals surface area contributed by atoms with Gasteiger partial charge >= 0.3 is 0 Å². The van der Waals surface area contributed by atoms with Crippen LogP contribution in [0, 0.1) is 0 Å². The van der Waals surface area contributed by atoms with Gasteiger partial charge in [-0.25, -0.2) is 9.97 Å². The molecule has 0 aliphatic rings. The van der Waals surface area contributed by atoms with Crippen LogP contribution in [0.2, 0.25) is 0 Å². The molecular formula is C18H22N6O3. The molecule has 3 aromatic rings.